The van der Waals surface area contributed by atoms with E-state index in [0.717, 1.165) is 12.1 Å². The van der Waals surface area contributed by atoms with Crippen molar-refractivity contribution in [2.24, 2.45) is 0 Å². The summed E-state index contributed by atoms with van der Waals surface area (Å²) in [6.45, 7) is -0.336. The Bertz CT molecular complexity index is 351. The van der Waals surface area contributed by atoms with E-state index in [9.17, 15) is 9.18 Å². The summed E-state index contributed by atoms with van der Waals surface area (Å²) in [5, 5.41) is 17.3. The average Bonchev–Trinajstić information content (AvgIpc) is 2.07. The van der Waals surface area contributed by atoms with Crippen molar-refractivity contribution in [3.05, 3.63) is 33.5 Å². The predicted molar refractivity (Wildman–Crippen MR) is 47.0 cm³/mol. The second-order valence-electron chi connectivity index (χ2n) is 2.39. The van der Waals surface area contributed by atoms with Crippen molar-refractivity contribution >= 4 is 21.9 Å². The molecule has 5 heteroatoms. The summed E-state index contributed by atoms with van der Waals surface area (Å²) in [6.07, 6.45) is 0. The van der Waals surface area contributed by atoms with Crippen molar-refractivity contribution in [2.75, 3.05) is 0 Å². The molecule has 0 unspecified atom stereocenters. The lowest BCUT2D eigenvalue weighted by atomic mass is 10.1. The molecule has 0 aromatic heterocycles. The molecular formula is C8H6BrFO3. The molecule has 1 rings (SSSR count). The van der Waals surface area contributed by atoms with Gasteiger partial charge in [0.15, 0.2) is 0 Å². The molecule has 0 bridgehead atoms. The van der Waals surface area contributed by atoms with Crippen LogP contribution in [0.15, 0.2) is 16.6 Å². The van der Waals surface area contributed by atoms with E-state index in [1.165, 1.54) is 0 Å². The fourth-order valence-corrected chi connectivity index (χ4v) is 1.34. The van der Waals surface area contributed by atoms with Crippen LogP contribution in [0, 0.1) is 5.82 Å². The number of carboxylic acids is 1. The molecule has 0 amide bonds. The SMILES string of the molecule is O=C(O)c1cc(Br)c(CO)cc1F. The maximum absolute atomic E-state index is 13.0. The van der Waals surface area contributed by atoms with E-state index in [1.807, 2.05) is 0 Å². The van der Waals surface area contributed by atoms with Gasteiger partial charge in [0.1, 0.15) is 5.82 Å². The molecule has 2 N–H and O–H groups in total. The Morgan fingerprint density at radius 2 is 2.15 bits per heavy atom. The van der Waals surface area contributed by atoms with Crippen LogP contribution >= 0.6 is 15.9 Å². The molecule has 0 aliphatic rings. The van der Waals surface area contributed by atoms with Gasteiger partial charge in [0.2, 0.25) is 0 Å². The lowest BCUT2D eigenvalue weighted by Crippen LogP contribution is -2.02. The number of benzene rings is 1. The van der Waals surface area contributed by atoms with E-state index >= 15 is 0 Å². The van der Waals surface area contributed by atoms with Gasteiger partial charge in [-0.25, -0.2) is 9.18 Å². The fourth-order valence-electron chi connectivity index (χ4n) is 0.873. The highest BCUT2D eigenvalue weighted by atomic mass is 79.9. The first-order valence-electron chi connectivity index (χ1n) is 3.38. The van der Waals surface area contributed by atoms with Crippen molar-refractivity contribution in [1.29, 1.82) is 0 Å². The Hall–Kier alpha value is -0.940. The van der Waals surface area contributed by atoms with Gasteiger partial charge >= 0.3 is 5.97 Å². The minimum atomic E-state index is -1.33. The summed E-state index contributed by atoms with van der Waals surface area (Å²) in [7, 11) is 0. The molecule has 0 spiro atoms. The summed E-state index contributed by atoms with van der Waals surface area (Å²) in [6, 6.07) is 2.12. The smallest absolute Gasteiger partial charge is 0.338 e. The molecule has 0 atom stereocenters. The van der Waals surface area contributed by atoms with Gasteiger partial charge in [0, 0.05) is 4.47 Å². The third-order valence-electron chi connectivity index (χ3n) is 1.54. The summed E-state index contributed by atoms with van der Waals surface area (Å²) in [4.78, 5) is 10.5. The average molecular weight is 249 g/mol. The van der Waals surface area contributed by atoms with Crippen LogP contribution in [0.1, 0.15) is 15.9 Å². The first kappa shape index (κ1) is 10.1. The topological polar surface area (TPSA) is 57.5 Å². The monoisotopic (exact) mass is 248 g/mol. The maximum atomic E-state index is 13.0. The molecule has 13 heavy (non-hydrogen) atoms. The number of hydrogen-bond acceptors (Lipinski definition) is 2. The number of carboxylic acid groups (broad SMARTS) is 1. The van der Waals surface area contributed by atoms with Gasteiger partial charge in [0.25, 0.3) is 0 Å². The molecule has 0 aliphatic carbocycles. The van der Waals surface area contributed by atoms with Crippen LogP contribution in [-0.2, 0) is 6.61 Å². The molecule has 0 fully saturated rings. The Labute approximate surface area is 81.9 Å². The Kier molecular flexibility index (Phi) is 3.00. The summed E-state index contributed by atoms with van der Waals surface area (Å²) >= 11 is 3.02. The van der Waals surface area contributed by atoms with Crippen LogP contribution in [0.4, 0.5) is 4.39 Å². The molecule has 1 aromatic rings. The molecule has 0 radical (unpaired) electrons. The first-order valence-corrected chi connectivity index (χ1v) is 4.17. The lowest BCUT2D eigenvalue weighted by molar-refractivity contribution is 0.0691. The van der Waals surface area contributed by atoms with Gasteiger partial charge in [-0.05, 0) is 17.7 Å². The Morgan fingerprint density at radius 1 is 1.54 bits per heavy atom. The van der Waals surface area contributed by atoms with E-state index in [4.69, 9.17) is 10.2 Å². The molecule has 0 aliphatic heterocycles. The van der Waals surface area contributed by atoms with Crippen LogP contribution in [0.3, 0.4) is 0 Å². The highest BCUT2D eigenvalue weighted by Crippen LogP contribution is 2.21. The standard InChI is InChI=1S/C8H6BrFO3/c9-6-2-5(8(12)13)7(10)1-4(6)3-11/h1-2,11H,3H2,(H,12,13). The zero-order valence-electron chi connectivity index (χ0n) is 6.42. The quantitative estimate of drug-likeness (QED) is 0.839. The minimum absolute atomic E-state index is 0.322. The number of aromatic carboxylic acids is 1. The molecule has 3 nitrogen and oxygen atoms in total. The normalized spacial score (nSPS) is 10.1. The van der Waals surface area contributed by atoms with E-state index in [2.05, 4.69) is 15.9 Å². The number of rotatable bonds is 2. The lowest BCUT2D eigenvalue weighted by Gasteiger charge is -2.03. The Morgan fingerprint density at radius 3 is 2.62 bits per heavy atom. The number of hydrogen-bond donors (Lipinski definition) is 2. The maximum Gasteiger partial charge on any atom is 0.338 e. The predicted octanol–water partition coefficient (Wildman–Crippen LogP) is 1.78. The number of carbonyl (C=O) groups is 1. The van der Waals surface area contributed by atoms with Crippen LogP contribution in [0.25, 0.3) is 0 Å². The zero-order valence-corrected chi connectivity index (χ0v) is 8.01. The molecule has 0 heterocycles. The zero-order chi connectivity index (χ0) is 10.0. The highest BCUT2D eigenvalue weighted by molar-refractivity contribution is 9.10. The highest BCUT2D eigenvalue weighted by Gasteiger charge is 2.13. The van der Waals surface area contributed by atoms with Crippen LogP contribution in [0.5, 0.6) is 0 Å². The van der Waals surface area contributed by atoms with E-state index in [-0.39, 0.29) is 6.61 Å². The summed E-state index contributed by atoms with van der Waals surface area (Å²) < 4.78 is 13.3. The second-order valence-corrected chi connectivity index (χ2v) is 3.24. The van der Waals surface area contributed by atoms with Crippen molar-refractivity contribution in [2.45, 2.75) is 6.61 Å². The fraction of sp³-hybridized carbons (Fsp3) is 0.125. The van der Waals surface area contributed by atoms with Gasteiger partial charge < -0.3 is 10.2 Å². The second kappa shape index (κ2) is 3.85. The van der Waals surface area contributed by atoms with Gasteiger partial charge in [-0.2, -0.15) is 0 Å². The summed E-state index contributed by atoms with van der Waals surface area (Å²) in [5.41, 5.74) is -0.0911. The number of aliphatic hydroxyl groups is 1. The third kappa shape index (κ3) is 2.05. The summed E-state index contributed by atoms with van der Waals surface area (Å²) in [5.74, 6) is -2.18. The Balaban J connectivity index is 3.28. The van der Waals surface area contributed by atoms with Gasteiger partial charge in [-0.15, -0.1) is 0 Å². The van der Waals surface area contributed by atoms with Crippen LogP contribution in [0.2, 0.25) is 0 Å². The first-order chi connectivity index (χ1) is 6.06. The molecular weight excluding hydrogens is 243 g/mol. The van der Waals surface area contributed by atoms with Crippen molar-refractivity contribution in [3.8, 4) is 0 Å². The van der Waals surface area contributed by atoms with Crippen molar-refractivity contribution in [1.82, 2.24) is 0 Å². The number of halogens is 2. The molecule has 0 saturated heterocycles. The van der Waals surface area contributed by atoms with Gasteiger partial charge in [0.05, 0.1) is 12.2 Å². The van der Waals surface area contributed by atoms with Gasteiger partial charge in [-0.1, -0.05) is 15.9 Å². The largest absolute Gasteiger partial charge is 0.478 e. The molecule has 0 saturated carbocycles. The van der Waals surface area contributed by atoms with E-state index < -0.39 is 17.3 Å². The van der Waals surface area contributed by atoms with Crippen LogP contribution < -0.4 is 0 Å². The van der Waals surface area contributed by atoms with Crippen molar-refractivity contribution < 1.29 is 19.4 Å². The third-order valence-corrected chi connectivity index (χ3v) is 2.28. The number of aliphatic hydroxyl groups excluding tert-OH is 1. The van der Waals surface area contributed by atoms with E-state index in [0.29, 0.717) is 10.0 Å². The van der Waals surface area contributed by atoms with Crippen molar-refractivity contribution in [3.63, 3.8) is 0 Å². The minimum Gasteiger partial charge on any atom is -0.478 e. The van der Waals surface area contributed by atoms with E-state index in [1.54, 1.807) is 0 Å². The van der Waals surface area contributed by atoms with Crippen LogP contribution in [-0.4, -0.2) is 16.2 Å². The molecule has 1 aromatic carbocycles. The molecule has 70 valence electrons. The van der Waals surface area contributed by atoms with Gasteiger partial charge in [-0.3, -0.25) is 0 Å².